The molecular weight excluding hydrogens is 251 g/mol. The number of carbonyl (C=O) groups is 1. The van der Waals surface area contributed by atoms with Crippen LogP contribution in [0.1, 0.15) is 23.0 Å². The smallest absolute Gasteiger partial charge is 0.310 e. The molecule has 0 fully saturated rings. The van der Waals surface area contributed by atoms with Crippen LogP contribution in [0.2, 0.25) is 0 Å². The molecule has 2 aromatic rings. The minimum Gasteiger partial charge on any atom is -0.310 e. The zero-order valence-electron chi connectivity index (χ0n) is 10.4. The number of benzene rings is 1. The zero-order chi connectivity index (χ0) is 14.2. The molecule has 0 saturated carbocycles. The van der Waals surface area contributed by atoms with E-state index < -0.39 is 22.8 Å². The number of aromatic nitrogens is 2. The number of halogens is 1. The predicted octanol–water partition coefficient (Wildman–Crippen LogP) is 1.18. The zero-order valence-corrected chi connectivity index (χ0v) is 10.4. The predicted molar refractivity (Wildman–Crippen MR) is 67.4 cm³/mol. The molecule has 1 heterocycles. The number of H-pyrrole nitrogens is 1. The number of rotatable bonds is 2. The van der Waals surface area contributed by atoms with Crippen molar-refractivity contribution >= 4 is 5.78 Å². The van der Waals surface area contributed by atoms with E-state index in [2.05, 4.69) is 4.98 Å². The van der Waals surface area contributed by atoms with E-state index in [0.29, 0.717) is 0 Å². The summed E-state index contributed by atoms with van der Waals surface area (Å²) in [6.45, 7) is 2.73. The Balaban J connectivity index is 2.81. The van der Waals surface area contributed by atoms with Crippen LogP contribution < -0.4 is 11.2 Å². The number of carbonyl (C=O) groups excluding carboxylic acids is 1. The lowest BCUT2D eigenvalue weighted by Crippen LogP contribution is -2.38. The molecule has 1 aromatic heterocycles. The van der Waals surface area contributed by atoms with Crippen molar-refractivity contribution in [2.75, 3.05) is 0 Å². The molecule has 98 valence electrons. The fourth-order valence-corrected chi connectivity index (χ4v) is 1.88. The van der Waals surface area contributed by atoms with Crippen molar-refractivity contribution in [1.29, 1.82) is 0 Å². The second kappa shape index (κ2) is 4.64. The lowest BCUT2D eigenvalue weighted by Gasteiger charge is -2.08. The van der Waals surface area contributed by atoms with Crippen molar-refractivity contribution in [2.45, 2.75) is 13.8 Å². The average molecular weight is 262 g/mol. The first kappa shape index (κ1) is 12.9. The summed E-state index contributed by atoms with van der Waals surface area (Å²) in [6.07, 6.45) is 0. The molecule has 0 spiro atoms. The van der Waals surface area contributed by atoms with Crippen LogP contribution in [-0.2, 0) is 0 Å². The monoisotopic (exact) mass is 262 g/mol. The van der Waals surface area contributed by atoms with Crippen LogP contribution >= 0.6 is 0 Å². The van der Waals surface area contributed by atoms with Gasteiger partial charge >= 0.3 is 5.69 Å². The summed E-state index contributed by atoms with van der Waals surface area (Å²) in [6, 6.07) is 4.86. The van der Waals surface area contributed by atoms with Gasteiger partial charge in [0.05, 0.1) is 5.69 Å². The quantitative estimate of drug-likeness (QED) is 0.826. The van der Waals surface area contributed by atoms with E-state index in [9.17, 15) is 18.8 Å². The molecule has 0 unspecified atom stereocenters. The molecule has 5 nitrogen and oxygen atoms in total. The number of hydrogen-bond donors (Lipinski definition) is 1. The van der Waals surface area contributed by atoms with Crippen LogP contribution in [0.3, 0.4) is 0 Å². The molecule has 1 N–H and O–H groups in total. The van der Waals surface area contributed by atoms with E-state index in [0.717, 1.165) is 16.7 Å². The highest BCUT2D eigenvalue weighted by molar-refractivity contribution is 5.94. The molecule has 0 bridgehead atoms. The number of ketones is 1. The van der Waals surface area contributed by atoms with Gasteiger partial charge in [0, 0.05) is 5.69 Å². The molecule has 0 aliphatic carbocycles. The van der Waals surface area contributed by atoms with Gasteiger partial charge in [-0.2, -0.15) is 0 Å². The Morgan fingerprint density at radius 1 is 1.21 bits per heavy atom. The highest BCUT2D eigenvalue weighted by Gasteiger charge is 2.15. The Morgan fingerprint density at radius 3 is 2.32 bits per heavy atom. The molecule has 0 atom stereocenters. The summed E-state index contributed by atoms with van der Waals surface area (Å²) in [4.78, 5) is 37.9. The first-order valence-electron chi connectivity index (χ1n) is 5.54. The van der Waals surface area contributed by atoms with Crippen molar-refractivity contribution < 1.29 is 9.18 Å². The fraction of sp³-hybridized carbons (Fsp3) is 0.154. The Labute approximate surface area is 107 Å². The molecule has 6 heteroatoms. The second-order valence-corrected chi connectivity index (χ2v) is 4.10. The molecule has 2 rings (SSSR count). The summed E-state index contributed by atoms with van der Waals surface area (Å²) in [5, 5.41) is 0. The summed E-state index contributed by atoms with van der Waals surface area (Å²) < 4.78 is 13.7. The number of aromatic amines is 1. The number of nitrogens with one attached hydrogen (secondary N) is 1. The maximum atomic E-state index is 12.8. The van der Waals surface area contributed by atoms with Gasteiger partial charge in [-0.3, -0.25) is 9.59 Å². The fourth-order valence-electron chi connectivity index (χ4n) is 1.88. The van der Waals surface area contributed by atoms with Crippen LogP contribution in [0.25, 0.3) is 5.69 Å². The highest BCUT2D eigenvalue weighted by Crippen LogP contribution is 2.06. The van der Waals surface area contributed by atoms with E-state index in [-0.39, 0.29) is 16.9 Å². The Bertz CT molecular complexity index is 757. The van der Waals surface area contributed by atoms with Crippen LogP contribution in [-0.4, -0.2) is 15.3 Å². The normalized spacial score (nSPS) is 10.5. The van der Waals surface area contributed by atoms with Crippen molar-refractivity contribution in [1.82, 2.24) is 9.55 Å². The average Bonchev–Trinajstić information content (AvgIpc) is 2.30. The molecule has 0 aliphatic rings. The van der Waals surface area contributed by atoms with Crippen LogP contribution in [0.15, 0.2) is 33.9 Å². The number of Topliss-reactive ketones (excluding diaryl/α,β-unsaturated/α-hetero) is 1. The Kier molecular flexibility index (Phi) is 3.16. The van der Waals surface area contributed by atoms with E-state index >= 15 is 0 Å². The van der Waals surface area contributed by atoms with Gasteiger partial charge in [0.2, 0.25) is 0 Å². The molecule has 1 aromatic carbocycles. The molecular formula is C13H11FN2O3. The first-order valence-corrected chi connectivity index (χ1v) is 5.54. The lowest BCUT2D eigenvalue weighted by molar-refractivity contribution is 0.101. The van der Waals surface area contributed by atoms with Crippen LogP contribution in [0.4, 0.5) is 4.39 Å². The first-order chi connectivity index (χ1) is 8.91. The summed E-state index contributed by atoms with van der Waals surface area (Å²) in [7, 11) is 0. The van der Waals surface area contributed by atoms with Gasteiger partial charge in [0.1, 0.15) is 11.4 Å². The maximum Gasteiger partial charge on any atom is 0.333 e. The van der Waals surface area contributed by atoms with E-state index in [4.69, 9.17) is 0 Å². The van der Waals surface area contributed by atoms with E-state index in [1.54, 1.807) is 0 Å². The van der Waals surface area contributed by atoms with Gasteiger partial charge in [0.15, 0.2) is 5.78 Å². The van der Waals surface area contributed by atoms with Gasteiger partial charge in [-0.25, -0.2) is 13.8 Å². The number of hydrogen-bond acceptors (Lipinski definition) is 3. The summed E-state index contributed by atoms with van der Waals surface area (Å²) >= 11 is 0. The maximum absolute atomic E-state index is 12.8. The molecule has 0 aliphatic heterocycles. The van der Waals surface area contributed by atoms with Gasteiger partial charge < -0.3 is 4.98 Å². The van der Waals surface area contributed by atoms with Crippen LogP contribution in [0.5, 0.6) is 0 Å². The Hall–Kier alpha value is -2.50. The molecule has 0 saturated heterocycles. The van der Waals surface area contributed by atoms with Crippen molar-refractivity contribution in [3.05, 3.63) is 62.2 Å². The van der Waals surface area contributed by atoms with Crippen molar-refractivity contribution in [3.63, 3.8) is 0 Å². The molecule has 0 radical (unpaired) electrons. The third kappa shape index (κ3) is 2.24. The third-order valence-electron chi connectivity index (χ3n) is 2.73. The SMILES string of the molecule is CC(=O)c1c(C)[nH]c(=O)n(-c2ccc(F)cc2)c1=O. The summed E-state index contributed by atoms with van der Waals surface area (Å²) in [5.74, 6) is -0.915. The highest BCUT2D eigenvalue weighted by atomic mass is 19.1. The minimum atomic E-state index is -0.708. The van der Waals surface area contributed by atoms with Gasteiger partial charge in [0.25, 0.3) is 5.56 Å². The third-order valence-corrected chi connectivity index (χ3v) is 2.73. The lowest BCUT2D eigenvalue weighted by atomic mass is 10.1. The number of aryl methyl sites for hydroxylation is 1. The summed E-state index contributed by atoms with van der Waals surface area (Å²) in [5.41, 5.74) is -1.03. The standard InChI is InChI=1S/C13H11FN2O3/c1-7-11(8(2)17)12(18)16(13(19)15-7)10-5-3-9(14)4-6-10/h3-6H,1-2H3,(H,15,19). The van der Waals surface area contributed by atoms with Gasteiger partial charge in [-0.1, -0.05) is 0 Å². The van der Waals surface area contributed by atoms with Gasteiger partial charge in [-0.05, 0) is 38.1 Å². The molecule has 19 heavy (non-hydrogen) atoms. The topological polar surface area (TPSA) is 71.9 Å². The second-order valence-electron chi connectivity index (χ2n) is 4.10. The van der Waals surface area contributed by atoms with Crippen LogP contribution in [0, 0.1) is 12.7 Å². The van der Waals surface area contributed by atoms with E-state index in [1.165, 1.54) is 26.0 Å². The van der Waals surface area contributed by atoms with E-state index in [1.807, 2.05) is 0 Å². The minimum absolute atomic E-state index is 0.0797. The van der Waals surface area contributed by atoms with Crippen molar-refractivity contribution in [2.24, 2.45) is 0 Å². The van der Waals surface area contributed by atoms with Crippen molar-refractivity contribution in [3.8, 4) is 5.69 Å². The largest absolute Gasteiger partial charge is 0.333 e. The number of nitrogens with zero attached hydrogens (tertiary/aromatic N) is 1. The molecule has 0 amide bonds. The Morgan fingerprint density at radius 2 is 1.79 bits per heavy atom. The van der Waals surface area contributed by atoms with Gasteiger partial charge in [-0.15, -0.1) is 0 Å².